The van der Waals surface area contributed by atoms with Gasteiger partial charge in [-0.3, -0.25) is 9.69 Å². The number of esters is 1. The fraction of sp³-hybridized carbons (Fsp3) is 0.714. The van der Waals surface area contributed by atoms with Gasteiger partial charge in [0.1, 0.15) is 6.04 Å². The van der Waals surface area contributed by atoms with Crippen molar-refractivity contribution in [3.05, 3.63) is 16.1 Å². The summed E-state index contributed by atoms with van der Waals surface area (Å²) in [5.74, 6) is -0.135. The molecule has 2 rings (SSSR count). The Bertz CT molecular complexity index is 436. The number of aryl methyl sites for hydroxylation is 1. The summed E-state index contributed by atoms with van der Waals surface area (Å²) in [7, 11) is 0. The third kappa shape index (κ3) is 4.01. The average Bonchev–Trinajstić information content (AvgIpc) is 2.87. The Morgan fingerprint density at radius 3 is 3.20 bits per heavy atom. The maximum absolute atomic E-state index is 12.0. The monoisotopic (exact) mass is 297 g/mol. The Kier molecular flexibility index (Phi) is 5.94. The number of ether oxygens (including phenoxy) is 1. The van der Waals surface area contributed by atoms with Crippen molar-refractivity contribution < 1.29 is 9.53 Å². The number of carbonyl (C=O) groups is 1. The highest BCUT2D eigenvalue weighted by molar-refractivity contribution is 7.09. The fourth-order valence-corrected chi connectivity index (χ4v) is 3.26. The average molecular weight is 297 g/mol. The van der Waals surface area contributed by atoms with Crippen LogP contribution in [0.15, 0.2) is 5.38 Å². The molecule has 1 aliphatic heterocycles. The molecule has 2 heterocycles. The minimum Gasteiger partial charge on any atom is -0.465 e. The Labute approximate surface area is 124 Å². The van der Waals surface area contributed by atoms with Crippen LogP contribution >= 0.6 is 11.3 Å². The van der Waals surface area contributed by atoms with Gasteiger partial charge in [-0.05, 0) is 19.8 Å². The van der Waals surface area contributed by atoms with Crippen LogP contribution in [0.2, 0.25) is 0 Å². The first-order valence-electron chi connectivity index (χ1n) is 7.29. The van der Waals surface area contributed by atoms with Gasteiger partial charge in [0.25, 0.3) is 0 Å². The van der Waals surface area contributed by atoms with Crippen molar-refractivity contribution in [3.63, 3.8) is 0 Å². The lowest BCUT2D eigenvalue weighted by Crippen LogP contribution is -2.54. The van der Waals surface area contributed by atoms with Gasteiger partial charge in [0, 0.05) is 31.6 Å². The standard InChI is InChI=1S/C14H23N3O2S/c1-3-5-13-16-11(10-20-13)9-17-7-6-15-8-12(17)14(18)19-4-2/h10,12,15H,3-9H2,1-2H3. The van der Waals surface area contributed by atoms with Gasteiger partial charge in [0.15, 0.2) is 0 Å². The molecule has 0 aromatic carbocycles. The number of thiazole rings is 1. The first-order chi connectivity index (χ1) is 9.74. The van der Waals surface area contributed by atoms with Gasteiger partial charge in [-0.2, -0.15) is 0 Å². The summed E-state index contributed by atoms with van der Waals surface area (Å²) in [5.41, 5.74) is 1.06. The summed E-state index contributed by atoms with van der Waals surface area (Å²) >= 11 is 1.71. The molecule has 1 aromatic heterocycles. The van der Waals surface area contributed by atoms with E-state index in [1.54, 1.807) is 11.3 Å². The zero-order valence-corrected chi connectivity index (χ0v) is 13.0. The molecular weight excluding hydrogens is 274 g/mol. The van der Waals surface area contributed by atoms with E-state index in [1.807, 2.05) is 6.92 Å². The van der Waals surface area contributed by atoms with Crippen LogP contribution in [0.3, 0.4) is 0 Å². The molecule has 1 atom stereocenters. The van der Waals surface area contributed by atoms with Crippen molar-refractivity contribution in [2.45, 2.75) is 39.3 Å². The van der Waals surface area contributed by atoms with E-state index in [1.165, 1.54) is 5.01 Å². The first kappa shape index (κ1) is 15.4. The van der Waals surface area contributed by atoms with Gasteiger partial charge in [-0.15, -0.1) is 11.3 Å². The highest BCUT2D eigenvalue weighted by atomic mass is 32.1. The molecule has 5 nitrogen and oxygen atoms in total. The predicted molar refractivity (Wildman–Crippen MR) is 79.8 cm³/mol. The second-order valence-corrected chi connectivity index (χ2v) is 5.87. The number of nitrogens with zero attached hydrogens (tertiary/aromatic N) is 2. The lowest BCUT2D eigenvalue weighted by atomic mass is 10.2. The summed E-state index contributed by atoms with van der Waals surface area (Å²) in [4.78, 5) is 18.8. The van der Waals surface area contributed by atoms with Gasteiger partial charge in [0.05, 0.1) is 17.3 Å². The van der Waals surface area contributed by atoms with Gasteiger partial charge in [-0.25, -0.2) is 4.98 Å². The van der Waals surface area contributed by atoms with E-state index in [0.717, 1.165) is 38.2 Å². The second-order valence-electron chi connectivity index (χ2n) is 4.93. The van der Waals surface area contributed by atoms with E-state index in [4.69, 9.17) is 4.74 Å². The fourth-order valence-electron chi connectivity index (χ4n) is 2.36. The van der Waals surface area contributed by atoms with E-state index in [2.05, 4.69) is 27.5 Å². The summed E-state index contributed by atoms with van der Waals surface area (Å²) in [6.07, 6.45) is 2.15. The molecule has 1 N–H and O–H groups in total. The molecule has 0 aliphatic carbocycles. The number of hydrogen-bond acceptors (Lipinski definition) is 6. The summed E-state index contributed by atoms with van der Waals surface area (Å²) in [5, 5.41) is 6.55. The normalized spacial score (nSPS) is 20.0. The molecule has 112 valence electrons. The van der Waals surface area contributed by atoms with E-state index in [-0.39, 0.29) is 12.0 Å². The Balaban J connectivity index is 1.98. The Morgan fingerprint density at radius 2 is 2.45 bits per heavy atom. The molecule has 1 aliphatic rings. The molecule has 6 heteroatoms. The van der Waals surface area contributed by atoms with Gasteiger partial charge < -0.3 is 10.1 Å². The van der Waals surface area contributed by atoms with Crippen molar-refractivity contribution in [1.29, 1.82) is 0 Å². The lowest BCUT2D eigenvalue weighted by Gasteiger charge is -2.33. The number of hydrogen-bond donors (Lipinski definition) is 1. The smallest absolute Gasteiger partial charge is 0.324 e. The number of carbonyl (C=O) groups excluding carboxylic acids is 1. The molecule has 0 saturated carbocycles. The summed E-state index contributed by atoms with van der Waals surface area (Å²) in [6, 6.07) is -0.194. The molecule has 0 bridgehead atoms. The topological polar surface area (TPSA) is 54.5 Å². The molecule has 20 heavy (non-hydrogen) atoms. The number of rotatable bonds is 6. The molecule has 1 fully saturated rings. The van der Waals surface area contributed by atoms with Crippen LogP contribution in [0, 0.1) is 0 Å². The van der Waals surface area contributed by atoms with Crippen LogP contribution in [-0.4, -0.2) is 48.1 Å². The number of nitrogens with one attached hydrogen (secondary N) is 1. The molecular formula is C14H23N3O2S. The Hall–Kier alpha value is -0.980. The van der Waals surface area contributed by atoms with E-state index >= 15 is 0 Å². The summed E-state index contributed by atoms with van der Waals surface area (Å²) in [6.45, 7) is 7.58. The highest BCUT2D eigenvalue weighted by Crippen LogP contribution is 2.16. The van der Waals surface area contributed by atoms with Crippen molar-refractivity contribution in [2.24, 2.45) is 0 Å². The first-order valence-corrected chi connectivity index (χ1v) is 8.17. The Morgan fingerprint density at radius 1 is 1.60 bits per heavy atom. The van der Waals surface area contributed by atoms with Gasteiger partial charge in [0.2, 0.25) is 0 Å². The molecule has 1 saturated heterocycles. The zero-order valence-electron chi connectivity index (χ0n) is 12.2. The maximum Gasteiger partial charge on any atom is 0.324 e. The third-order valence-corrected chi connectivity index (χ3v) is 4.30. The number of aromatic nitrogens is 1. The van der Waals surface area contributed by atoms with Crippen LogP contribution in [0.1, 0.15) is 31.0 Å². The van der Waals surface area contributed by atoms with Crippen LogP contribution in [0.5, 0.6) is 0 Å². The quantitative estimate of drug-likeness (QED) is 0.805. The van der Waals surface area contributed by atoms with E-state index in [9.17, 15) is 4.79 Å². The van der Waals surface area contributed by atoms with E-state index in [0.29, 0.717) is 13.2 Å². The van der Waals surface area contributed by atoms with Gasteiger partial charge in [-0.1, -0.05) is 6.92 Å². The van der Waals surface area contributed by atoms with Crippen molar-refractivity contribution in [2.75, 3.05) is 26.2 Å². The summed E-state index contributed by atoms with van der Waals surface area (Å²) < 4.78 is 5.15. The second kappa shape index (κ2) is 7.71. The predicted octanol–water partition coefficient (Wildman–Crippen LogP) is 1.43. The minimum atomic E-state index is -0.194. The van der Waals surface area contributed by atoms with Crippen molar-refractivity contribution in [3.8, 4) is 0 Å². The number of piperazine rings is 1. The third-order valence-electron chi connectivity index (χ3n) is 3.34. The lowest BCUT2D eigenvalue weighted by molar-refractivity contribution is -0.150. The molecule has 0 spiro atoms. The molecule has 1 unspecified atom stereocenters. The highest BCUT2D eigenvalue weighted by Gasteiger charge is 2.30. The molecule has 1 aromatic rings. The minimum absolute atomic E-state index is 0.135. The van der Waals surface area contributed by atoms with Crippen molar-refractivity contribution >= 4 is 17.3 Å². The maximum atomic E-state index is 12.0. The van der Waals surface area contributed by atoms with Crippen LogP contribution < -0.4 is 5.32 Å². The zero-order chi connectivity index (χ0) is 14.4. The van der Waals surface area contributed by atoms with Crippen LogP contribution in [-0.2, 0) is 22.5 Å². The molecule has 0 amide bonds. The SMILES string of the molecule is CCCc1nc(CN2CCNCC2C(=O)OCC)cs1. The van der Waals surface area contributed by atoms with Crippen LogP contribution in [0.4, 0.5) is 0 Å². The van der Waals surface area contributed by atoms with E-state index < -0.39 is 0 Å². The largest absolute Gasteiger partial charge is 0.465 e. The van der Waals surface area contributed by atoms with Crippen LogP contribution in [0.25, 0.3) is 0 Å². The van der Waals surface area contributed by atoms with Crippen molar-refractivity contribution in [1.82, 2.24) is 15.2 Å². The molecule has 0 radical (unpaired) electrons. The van der Waals surface area contributed by atoms with Gasteiger partial charge >= 0.3 is 5.97 Å².